The summed E-state index contributed by atoms with van der Waals surface area (Å²) in [5, 5.41) is 16.7. The highest BCUT2D eigenvalue weighted by molar-refractivity contribution is 5.95. The van der Waals surface area contributed by atoms with E-state index in [1.807, 2.05) is 6.92 Å². The number of carbonyl (C=O) groups excluding carboxylic acids is 2. The largest absolute Gasteiger partial charge is 0.490 e. The Bertz CT molecular complexity index is 803. The first kappa shape index (κ1) is 21.2. The van der Waals surface area contributed by atoms with Crippen LogP contribution in [0.2, 0.25) is 0 Å². The third-order valence-electron chi connectivity index (χ3n) is 4.23. The number of nitro benzene ring substituents is 1. The van der Waals surface area contributed by atoms with Crippen molar-refractivity contribution in [2.24, 2.45) is 0 Å². The lowest BCUT2D eigenvalue weighted by Crippen LogP contribution is -2.46. The van der Waals surface area contributed by atoms with Crippen LogP contribution in [0.5, 0.6) is 5.75 Å². The molecule has 9 nitrogen and oxygen atoms in total. The smallest absolute Gasteiger partial charge is 0.338 e. The number of nitrogens with zero attached hydrogens (tertiary/aromatic N) is 1. The molecule has 0 saturated carbocycles. The van der Waals surface area contributed by atoms with Gasteiger partial charge in [-0.1, -0.05) is 19.4 Å². The lowest BCUT2D eigenvalue weighted by atomic mass is 9.93. The van der Waals surface area contributed by atoms with E-state index in [1.54, 1.807) is 19.9 Å². The summed E-state index contributed by atoms with van der Waals surface area (Å²) in [5.41, 5.74) is 0.868. The van der Waals surface area contributed by atoms with Gasteiger partial charge in [0.2, 0.25) is 0 Å². The second-order valence-corrected chi connectivity index (χ2v) is 6.67. The van der Waals surface area contributed by atoms with Gasteiger partial charge in [-0.25, -0.2) is 9.59 Å². The number of urea groups is 1. The molecule has 2 N–H and O–H groups in total. The quantitative estimate of drug-likeness (QED) is 0.398. The van der Waals surface area contributed by atoms with Gasteiger partial charge in [-0.3, -0.25) is 10.1 Å². The van der Waals surface area contributed by atoms with E-state index in [1.165, 1.54) is 19.2 Å². The summed E-state index contributed by atoms with van der Waals surface area (Å²) in [5.74, 6) is -0.479. The summed E-state index contributed by atoms with van der Waals surface area (Å²) in [6, 6.07) is 2.99. The van der Waals surface area contributed by atoms with E-state index >= 15 is 0 Å². The topological polar surface area (TPSA) is 120 Å². The first-order chi connectivity index (χ1) is 13.3. The zero-order chi connectivity index (χ0) is 20.8. The zero-order valence-electron chi connectivity index (χ0n) is 16.4. The number of hydrogen-bond acceptors (Lipinski definition) is 6. The van der Waals surface area contributed by atoms with E-state index in [0.717, 1.165) is 12.8 Å². The van der Waals surface area contributed by atoms with E-state index < -0.39 is 23.0 Å². The van der Waals surface area contributed by atoms with Crippen LogP contribution in [-0.2, 0) is 9.53 Å². The van der Waals surface area contributed by atoms with E-state index in [4.69, 9.17) is 9.47 Å². The molecule has 1 atom stereocenters. The summed E-state index contributed by atoms with van der Waals surface area (Å²) in [7, 11) is 1.34. The average molecular weight is 391 g/mol. The highest BCUT2D eigenvalue weighted by atomic mass is 16.6. The van der Waals surface area contributed by atoms with Gasteiger partial charge in [0.05, 0.1) is 29.8 Å². The van der Waals surface area contributed by atoms with Gasteiger partial charge >= 0.3 is 17.7 Å². The van der Waals surface area contributed by atoms with Crippen molar-refractivity contribution in [1.29, 1.82) is 0 Å². The molecule has 0 aromatic heterocycles. The number of carbonyl (C=O) groups is 2. The van der Waals surface area contributed by atoms with Crippen molar-refractivity contribution in [3.05, 3.63) is 45.1 Å². The van der Waals surface area contributed by atoms with E-state index in [0.29, 0.717) is 17.7 Å². The average Bonchev–Trinajstić information content (AvgIpc) is 2.64. The fourth-order valence-electron chi connectivity index (χ4n) is 2.97. The number of benzene rings is 1. The highest BCUT2D eigenvalue weighted by Crippen LogP contribution is 2.35. The standard InChI is InChI=1S/C19H25N3O6/c1-5-6-7-13-16(18(23)28-11(2)3)17(21-19(24)20-13)12-8-9-15(27-4)14(10-12)22(25)26/h8-11,17H,5-7H2,1-4H3,(H2,20,21,24). The summed E-state index contributed by atoms with van der Waals surface area (Å²) in [4.78, 5) is 35.8. The van der Waals surface area contributed by atoms with Crippen LogP contribution >= 0.6 is 0 Å². The maximum absolute atomic E-state index is 12.8. The molecule has 0 saturated heterocycles. The molecule has 1 heterocycles. The number of unbranched alkanes of at least 4 members (excludes halogenated alkanes) is 1. The lowest BCUT2D eigenvalue weighted by Gasteiger charge is -2.30. The van der Waals surface area contributed by atoms with Crippen molar-refractivity contribution in [3.63, 3.8) is 0 Å². The summed E-state index contributed by atoms with van der Waals surface area (Å²) < 4.78 is 10.4. The molecule has 0 bridgehead atoms. The Morgan fingerprint density at radius 1 is 1.36 bits per heavy atom. The fraction of sp³-hybridized carbons (Fsp3) is 0.474. The molecule has 1 unspecified atom stereocenters. The second kappa shape index (κ2) is 9.20. The number of allylic oxidation sites excluding steroid dienone is 1. The van der Waals surface area contributed by atoms with Crippen molar-refractivity contribution in [3.8, 4) is 5.75 Å². The molecule has 2 rings (SSSR count). The van der Waals surface area contributed by atoms with Crippen molar-refractivity contribution >= 4 is 17.7 Å². The van der Waals surface area contributed by atoms with Crippen LogP contribution in [0.4, 0.5) is 10.5 Å². The Hall–Kier alpha value is -3.10. The van der Waals surface area contributed by atoms with Crippen LogP contribution in [-0.4, -0.2) is 30.1 Å². The summed E-state index contributed by atoms with van der Waals surface area (Å²) in [6.45, 7) is 5.46. The van der Waals surface area contributed by atoms with Crippen LogP contribution < -0.4 is 15.4 Å². The number of esters is 1. The summed E-state index contributed by atoms with van der Waals surface area (Å²) >= 11 is 0. The molecule has 152 valence electrons. The zero-order valence-corrected chi connectivity index (χ0v) is 16.4. The number of nitrogens with one attached hydrogen (secondary N) is 2. The van der Waals surface area contributed by atoms with Crippen LogP contribution in [0.25, 0.3) is 0 Å². The third kappa shape index (κ3) is 4.79. The number of methoxy groups -OCH3 is 1. The summed E-state index contributed by atoms with van der Waals surface area (Å²) in [6.07, 6.45) is 1.78. The van der Waals surface area contributed by atoms with Crippen molar-refractivity contribution in [2.75, 3.05) is 7.11 Å². The normalized spacial score (nSPS) is 16.5. The van der Waals surface area contributed by atoms with Gasteiger partial charge in [0.15, 0.2) is 5.75 Å². The molecule has 1 aliphatic rings. The molecule has 2 amide bonds. The molecule has 0 fully saturated rings. The van der Waals surface area contributed by atoms with Gasteiger partial charge in [-0.2, -0.15) is 0 Å². The minimum Gasteiger partial charge on any atom is -0.490 e. The molecule has 0 radical (unpaired) electrons. The Labute approximate surface area is 163 Å². The molecular formula is C19H25N3O6. The van der Waals surface area contributed by atoms with E-state index in [9.17, 15) is 19.7 Å². The van der Waals surface area contributed by atoms with Gasteiger partial charge in [-0.05, 0) is 38.3 Å². The van der Waals surface area contributed by atoms with E-state index in [2.05, 4.69) is 10.6 Å². The Morgan fingerprint density at radius 3 is 2.64 bits per heavy atom. The Kier molecular flexibility index (Phi) is 6.97. The molecule has 0 spiro atoms. The van der Waals surface area contributed by atoms with Gasteiger partial charge in [0, 0.05) is 11.8 Å². The fourth-order valence-corrected chi connectivity index (χ4v) is 2.97. The minimum atomic E-state index is -0.864. The number of nitro groups is 1. The Morgan fingerprint density at radius 2 is 2.07 bits per heavy atom. The van der Waals surface area contributed by atoms with Gasteiger partial charge in [0.25, 0.3) is 0 Å². The number of ether oxygens (including phenoxy) is 2. The predicted molar refractivity (Wildman–Crippen MR) is 102 cm³/mol. The molecule has 1 aromatic rings. The lowest BCUT2D eigenvalue weighted by molar-refractivity contribution is -0.385. The molecule has 9 heteroatoms. The van der Waals surface area contributed by atoms with Crippen LogP contribution in [0.3, 0.4) is 0 Å². The number of rotatable bonds is 8. The molecule has 0 aliphatic carbocycles. The van der Waals surface area contributed by atoms with Crippen molar-refractivity contribution in [2.45, 2.75) is 52.2 Å². The Balaban J connectivity index is 2.57. The van der Waals surface area contributed by atoms with Gasteiger partial charge in [0.1, 0.15) is 0 Å². The molecule has 28 heavy (non-hydrogen) atoms. The predicted octanol–water partition coefficient (Wildman–Crippen LogP) is 3.35. The first-order valence-corrected chi connectivity index (χ1v) is 9.12. The maximum atomic E-state index is 12.8. The molecular weight excluding hydrogens is 366 g/mol. The van der Waals surface area contributed by atoms with E-state index in [-0.39, 0.29) is 23.1 Å². The molecule has 1 aromatic carbocycles. The third-order valence-corrected chi connectivity index (χ3v) is 4.23. The second-order valence-electron chi connectivity index (χ2n) is 6.67. The minimum absolute atomic E-state index is 0.0931. The van der Waals surface area contributed by atoms with Crippen LogP contribution in [0, 0.1) is 10.1 Å². The number of amides is 2. The van der Waals surface area contributed by atoms with Crippen molar-refractivity contribution < 1.29 is 24.0 Å². The monoisotopic (exact) mass is 391 g/mol. The van der Waals surface area contributed by atoms with Gasteiger partial charge in [-0.15, -0.1) is 0 Å². The SMILES string of the molecule is CCCCC1=C(C(=O)OC(C)C)C(c2ccc(OC)c([N+](=O)[O-])c2)NC(=O)N1. The highest BCUT2D eigenvalue weighted by Gasteiger charge is 2.35. The number of hydrogen-bond donors (Lipinski definition) is 2. The molecule has 1 aliphatic heterocycles. The van der Waals surface area contributed by atoms with Crippen molar-refractivity contribution in [1.82, 2.24) is 10.6 Å². The van der Waals surface area contributed by atoms with Crippen LogP contribution in [0.15, 0.2) is 29.5 Å². The van der Waals surface area contributed by atoms with Crippen LogP contribution in [0.1, 0.15) is 51.6 Å². The maximum Gasteiger partial charge on any atom is 0.338 e. The first-order valence-electron chi connectivity index (χ1n) is 9.12. The van der Waals surface area contributed by atoms with Gasteiger partial charge < -0.3 is 20.1 Å².